The first kappa shape index (κ1) is 20.3. The van der Waals surface area contributed by atoms with Crippen LogP contribution in [0.15, 0.2) is 83.4 Å². The van der Waals surface area contributed by atoms with Crippen molar-refractivity contribution in [3.05, 3.63) is 95.9 Å². The second kappa shape index (κ2) is 8.83. The van der Waals surface area contributed by atoms with E-state index in [9.17, 15) is 9.18 Å². The summed E-state index contributed by atoms with van der Waals surface area (Å²) in [6.07, 6.45) is -1.47. The zero-order valence-electron chi connectivity index (χ0n) is 17.1. The average molecular weight is 416 g/mol. The number of hydrogen-bond acceptors (Lipinski definition) is 4. The lowest BCUT2D eigenvalue weighted by molar-refractivity contribution is 0.119. The van der Waals surface area contributed by atoms with Gasteiger partial charge < -0.3 is 9.26 Å². The number of anilines is 1. The van der Waals surface area contributed by atoms with E-state index in [4.69, 9.17) is 9.26 Å². The SMILES string of the molecule is Cc1noc(-c2ccc(-c3ccccc3)cc2)c1NC(=O)OC(C)c1ccccc1F. The van der Waals surface area contributed by atoms with E-state index in [2.05, 4.69) is 10.5 Å². The minimum absolute atomic E-state index is 0.302. The standard InChI is InChI=1S/C25H21FN2O3/c1-16-23(27-25(29)30-17(2)21-10-6-7-11-22(21)26)24(31-28-16)20-14-12-19(13-15-20)18-8-4-3-5-9-18/h3-15,17H,1-2H3,(H,27,29). The van der Waals surface area contributed by atoms with Crippen molar-refractivity contribution in [3.63, 3.8) is 0 Å². The third-order valence-corrected chi connectivity index (χ3v) is 4.97. The van der Waals surface area contributed by atoms with E-state index in [-0.39, 0.29) is 0 Å². The number of ether oxygens (including phenoxy) is 1. The van der Waals surface area contributed by atoms with E-state index >= 15 is 0 Å². The fourth-order valence-electron chi connectivity index (χ4n) is 3.32. The lowest BCUT2D eigenvalue weighted by atomic mass is 10.0. The van der Waals surface area contributed by atoms with Gasteiger partial charge in [0.25, 0.3) is 0 Å². The maximum Gasteiger partial charge on any atom is 0.412 e. The average Bonchev–Trinajstić information content (AvgIpc) is 3.14. The summed E-state index contributed by atoms with van der Waals surface area (Å²) in [5, 5.41) is 6.66. The Balaban J connectivity index is 1.51. The molecule has 4 rings (SSSR count). The first-order chi connectivity index (χ1) is 15.0. The highest BCUT2D eigenvalue weighted by molar-refractivity contribution is 5.91. The molecule has 0 saturated carbocycles. The Bertz CT molecular complexity index is 1190. The summed E-state index contributed by atoms with van der Waals surface area (Å²) in [5.74, 6) is -0.00393. The number of hydrogen-bond donors (Lipinski definition) is 1. The number of rotatable bonds is 5. The smallest absolute Gasteiger partial charge is 0.412 e. The van der Waals surface area contributed by atoms with Crippen molar-refractivity contribution in [2.75, 3.05) is 5.32 Å². The monoisotopic (exact) mass is 416 g/mol. The highest BCUT2D eigenvalue weighted by Crippen LogP contribution is 2.33. The molecule has 0 spiro atoms. The Hall–Kier alpha value is -3.93. The van der Waals surface area contributed by atoms with Crippen LogP contribution >= 0.6 is 0 Å². The Labute approximate surface area is 179 Å². The van der Waals surface area contributed by atoms with Gasteiger partial charge in [0.2, 0.25) is 0 Å². The van der Waals surface area contributed by atoms with E-state index in [1.54, 1.807) is 32.0 Å². The summed E-state index contributed by atoms with van der Waals surface area (Å²) in [7, 11) is 0. The summed E-state index contributed by atoms with van der Waals surface area (Å²) in [4.78, 5) is 12.5. The third-order valence-electron chi connectivity index (χ3n) is 4.97. The molecule has 1 amide bonds. The van der Waals surface area contributed by atoms with Crippen molar-refractivity contribution in [2.24, 2.45) is 0 Å². The molecule has 3 aromatic carbocycles. The highest BCUT2D eigenvalue weighted by Gasteiger charge is 2.21. The molecule has 1 aromatic heterocycles. The molecule has 31 heavy (non-hydrogen) atoms. The Kier molecular flexibility index (Phi) is 5.80. The molecule has 6 heteroatoms. The predicted octanol–water partition coefficient (Wildman–Crippen LogP) is 6.77. The summed E-state index contributed by atoms with van der Waals surface area (Å²) >= 11 is 0. The predicted molar refractivity (Wildman–Crippen MR) is 117 cm³/mol. The van der Waals surface area contributed by atoms with Crippen molar-refractivity contribution in [1.82, 2.24) is 5.16 Å². The Morgan fingerprint density at radius 1 is 0.935 bits per heavy atom. The van der Waals surface area contributed by atoms with Gasteiger partial charge in [-0.15, -0.1) is 0 Å². The van der Waals surface area contributed by atoms with E-state index in [0.29, 0.717) is 22.7 Å². The first-order valence-electron chi connectivity index (χ1n) is 9.87. The number of nitrogens with zero attached hydrogens (tertiary/aromatic N) is 1. The molecule has 0 radical (unpaired) electrons. The fraction of sp³-hybridized carbons (Fsp3) is 0.120. The third kappa shape index (κ3) is 4.48. The quantitative estimate of drug-likeness (QED) is 0.390. The van der Waals surface area contributed by atoms with Gasteiger partial charge in [0.05, 0.1) is 0 Å². The van der Waals surface area contributed by atoms with Crippen molar-refractivity contribution in [3.8, 4) is 22.5 Å². The molecule has 1 N–H and O–H groups in total. The number of carbonyl (C=O) groups is 1. The maximum absolute atomic E-state index is 13.9. The molecule has 1 unspecified atom stereocenters. The lowest BCUT2D eigenvalue weighted by Gasteiger charge is -2.15. The van der Waals surface area contributed by atoms with Crippen LogP contribution in [0.1, 0.15) is 24.3 Å². The van der Waals surface area contributed by atoms with Crippen LogP contribution in [0.5, 0.6) is 0 Å². The van der Waals surface area contributed by atoms with E-state index < -0.39 is 18.0 Å². The van der Waals surface area contributed by atoms with Gasteiger partial charge >= 0.3 is 6.09 Å². The van der Waals surface area contributed by atoms with Crippen LogP contribution < -0.4 is 5.32 Å². The van der Waals surface area contributed by atoms with Crippen LogP contribution in [0.3, 0.4) is 0 Å². The van der Waals surface area contributed by atoms with E-state index in [0.717, 1.165) is 16.7 Å². The summed E-state index contributed by atoms with van der Waals surface area (Å²) in [6.45, 7) is 3.34. The molecule has 5 nitrogen and oxygen atoms in total. The van der Waals surface area contributed by atoms with Crippen LogP contribution in [0.2, 0.25) is 0 Å². The number of carbonyl (C=O) groups excluding carboxylic acids is 1. The molecule has 1 atom stereocenters. The molecule has 0 saturated heterocycles. The number of nitrogens with one attached hydrogen (secondary N) is 1. The highest BCUT2D eigenvalue weighted by atomic mass is 19.1. The molecule has 0 aliphatic heterocycles. The van der Waals surface area contributed by atoms with Crippen molar-refractivity contribution in [2.45, 2.75) is 20.0 Å². The van der Waals surface area contributed by atoms with Gasteiger partial charge in [0, 0.05) is 11.1 Å². The lowest BCUT2D eigenvalue weighted by Crippen LogP contribution is -2.17. The second-order valence-corrected chi connectivity index (χ2v) is 7.11. The molecule has 0 fully saturated rings. The number of benzene rings is 3. The summed E-state index contributed by atoms with van der Waals surface area (Å²) in [5.41, 5.74) is 4.16. The molecular formula is C25H21FN2O3. The van der Waals surface area contributed by atoms with Crippen molar-refractivity contribution < 1.29 is 18.4 Å². The van der Waals surface area contributed by atoms with Gasteiger partial charge in [0.15, 0.2) is 5.76 Å². The number of halogens is 1. The van der Waals surface area contributed by atoms with Gasteiger partial charge in [-0.1, -0.05) is 78.0 Å². The van der Waals surface area contributed by atoms with Gasteiger partial charge in [-0.05, 0) is 31.0 Å². The molecule has 4 aromatic rings. The molecule has 0 aliphatic carbocycles. The molecule has 0 bridgehead atoms. The van der Waals surface area contributed by atoms with Crippen LogP contribution in [0, 0.1) is 12.7 Å². The minimum atomic E-state index is -0.755. The zero-order chi connectivity index (χ0) is 21.8. The number of aromatic nitrogens is 1. The summed E-state index contributed by atoms with van der Waals surface area (Å²) in [6, 6.07) is 24.0. The van der Waals surface area contributed by atoms with Crippen molar-refractivity contribution >= 4 is 11.8 Å². The minimum Gasteiger partial charge on any atom is -0.441 e. The summed E-state index contributed by atoms with van der Waals surface area (Å²) < 4.78 is 24.7. The van der Waals surface area contributed by atoms with Gasteiger partial charge in [-0.3, -0.25) is 5.32 Å². The van der Waals surface area contributed by atoms with Crippen LogP contribution in [0.4, 0.5) is 14.9 Å². The molecule has 1 heterocycles. The van der Waals surface area contributed by atoms with Gasteiger partial charge in [-0.25, -0.2) is 9.18 Å². The van der Waals surface area contributed by atoms with Crippen molar-refractivity contribution in [1.29, 1.82) is 0 Å². The molecule has 156 valence electrons. The fourth-order valence-corrected chi connectivity index (χ4v) is 3.32. The normalized spacial score (nSPS) is 11.7. The molecule has 0 aliphatic rings. The molecular weight excluding hydrogens is 395 g/mol. The zero-order valence-corrected chi connectivity index (χ0v) is 17.1. The number of amides is 1. The maximum atomic E-state index is 13.9. The number of aryl methyl sites for hydroxylation is 1. The van der Waals surface area contributed by atoms with Crippen LogP contribution in [-0.2, 0) is 4.74 Å². The van der Waals surface area contributed by atoms with Gasteiger partial charge in [-0.2, -0.15) is 0 Å². The van der Waals surface area contributed by atoms with Crippen LogP contribution in [0.25, 0.3) is 22.5 Å². The van der Waals surface area contributed by atoms with E-state index in [1.165, 1.54) is 6.07 Å². The largest absolute Gasteiger partial charge is 0.441 e. The van der Waals surface area contributed by atoms with Crippen LogP contribution in [-0.4, -0.2) is 11.2 Å². The topological polar surface area (TPSA) is 64.4 Å². The van der Waals surface area contributed by atoms with E-state index in [1.807, 2.05) is 54.6 Å². The first-order valence-corrected chi connectivity index (χ1v) is 9.87. The van der Waals surface area contributed by atoms with Gasteiger partial charge in [0.1, 0.15) is 23.3 Å². The Morgan fingerprint density at radius 3 is 2.26 bits per heavy atom. The second-order valence-electron chi connectivity index (χ2n) is 7.11. The Morgan fingerprint density at radius 2 is 1.55 bits per heavy atom.